The summed E-state index contributed by atoms with van der Waals surface area (Å²) < 4.78 is 68.2. The van der Waals surface area contributed by atoms with E-state index in [2.05, 4.69) is 15.5 Å². The number of nitrogens with zero attached hydrogens (tertiary/aromatic N) is 2. The number of carbonyl (C=O) groups excluding carboxylic acids is 1. The molecule has 3 aromatic rings. The highest BCUT2D eigenvalue weighted by Gasteiger charge is 2.37. The van der Waals surface area contributed by atoms with Crippen molar-refractivity contribution in [2.24, 2.45) is 0 Å². The molecule has 0 radical (unpaired) electrons. The largest absolute Gasteiger partial charge is 0.346 e. The van der Waals surface area contributed by atoms with Gasteiger partial charge in [-0.25, -0.2) is 13.4 Å². The lowest BCUT2D eigenvalue weighted by molar-refractivity contribution is -0.00243. The molecule has 1 saturated carbocycles. The molecule has 0 saturated heterocycles. The zero-order chi connectivity index (χ0) is 27.2. The van der Waals surface area contributed by atoms with Crippen LogP contribution in [0.25, 0.3) is 0 Å². The number of alkyl halides is 2. The molecule has 2 aliphatic rings. The molecule has 2 N–H and O–H groups in total. The van der Waals surface area contributed by atoms with E-state index >= 15 is 13.2 Å². The van der Waals surface area contributed by atoms with Gasteiger partial charge in [-0.15, -0.1) is 5.10 Å². The average molecular weight is 563 g/mol. The Kier molecular flexibility index (Phi) is 6.98. The molecule has 11 heteroatoms. The van der Waals surface area contributed by atoms with Crippen LogP contribution in [0.5, 0.6) is 0 Å². The van der Waals surface area contributed by atoms with Crippen LogP contribution in [0, 0.1) is 17.5 Å². The molecule has 5 rings (SSSR count). The normalized spacial score (nSPS) is 17.0. The van der Waals surface area contributed by atoms with Gasteiger partial charge in [0, 0.05) is 5.56 Å². The Labute approximate surface area is 224 Å². The van der Waals surface area contributed by atoms with Crippen molar-refractivity contribution in [3.05, 3.63) is 80.7 Å². The lowest BCUT2D eigenvalue weighted by atomic mass is 9.93. The van der Waals surface area contributed by atoms with Crippen LogP contribution >= 0.6 is 11.6 Å². The van der Waals surface area contributed by atoms with E-state index in [0.717, 1.165) is 19.3 Å². The van der Waals surface area contributed by atoms with Crippen LogP contribution in [-0.4, -0.2) is 26.9 Å². The maximum atomic E-state index is 15.4. The fourth-order valence-corrected chi connectivity index (χ4v) is 6.73. The van der Waals surface area contributed by atoms with Gasteiger partial charge in [0.15, 0.2) is 5.03 Å². The minimum atomic E-state index is -4.14. The van der Waals surface area contributed by atoms with Gasteiger partial charge in [0.25, 0.3) is 11.8 Å². The highest BCUT2D eigenvalue weighted by atomic mass is 35.5. The maximum absolute atomic E-state index is 15.4. The third-order valence-electron chi connectivity index (χ3n) is 7.02. The lowest BCUT2D eigenvalue weighted by Crippen LogP contribution is -2.37. The van der Waals surface area contributed by atoms with E-state index in [-0.39, 0.29) is 16.5 Å². The number of aryl methyl sites for hydroxylation is 2. The molecule has 200 valence electrons. The summed E-state index contributed by atoms with van der Waals surface area (Å²) in [7, 11) is -4.14. The molecule has 2 aromatic carbocycles. The maximum Gasteiger partial charge on any atom is 0.291 e. The number of hydrogen-bond donors (Lipinski definition) is 2. The third kappa shape index (κ3) is 4.91. The summed E-state index contributed by atoms with van der Waals surface area (Å²) in [6.07, 6.45) is 3.96. The SMILES string of the molecule is Cc1ccc(C(F)(F)CNC(=O)c2c(S(=N)(=O)c3cccc(C4CC4)c3F)nnc3c2CCCC3)c(Cl)c1. The summed E-state index contributed by atoms with van der Waals surface area (Å²) in [6, 6.07) is 8.48. The van der Waals surface area contributed by atoms with E-state index in [1.54, 1.807) is 13.0 Å². The topological polar surface area (TPSA) is 95.8 Å². The van der Waals surface area contributed by atoms with E-state index in [1.165, 1.54) is 30.3 Å². The number of hydrogen-bond acceptors (Lipinski definition) is 5. The second kappa shape index (κ2) is 9.96. The standard InChI is InChI=1S/C27H26ClF3N4O2S/c1-15-9-12-19(20(28)13-15)27(30,31)14-33-25(36)23-18-5-2-3-7-21(18)34-35-26(23)38(32,37)22-8-4-6-17(24(22)29)16-10-11-16/h4,6,8-9,12-13,16,32H,2-3,5,7,10-11,14H2,1H3,(H,33,36). The Morgan fingerprint density at radius 2 is 1.92 bits per heavy atom. The van der Waals surface area contributed by atoms with Crippen LogP contribution in [-0.2, 0) is 28.5 Å². The zero-order valence-electron chi connectivity index (χ0n) is 20.6. The van der Waals surface area contributed by atoms with Crippen molar-refractivity contribution in [1.82, 2.24) is 15.5 Å². The van der Waals surface area contributed by atoms with E-state index < -0.39 is 49.4 Å². The van der Waals surface area contributed by atoms with Gasteiger partial charge in [-0.05, 0) is 80.2 Å². The molecule has 1 unspecified atom stereocenters. The van der Waals surface area contributed by atoms with Crippen LogP contribution in [0.4, 0.5) is 13.2 Å². The van der Waals surface area contributed by atoms with Crippen molar-refractivity contribution in [3.8, 4) is 0 Å². The first-order valence-corrected chi connectivity index (χ1v) is 14.3. The molecule has 0 aliphatic heterocycles. The van der Waals surface area contributed by atoms with Gasteiger partial charge < -0.3 is 5.32 Å². The van der Waals surface area contributed by atoms with Crippen LogP contribution < -0.4 is 5.32 Å². The van der Waals surface area contributed by atoms with Crippen molar-refractivity contribution >= 4 is 27.2 Å². The lowest BCUT2D eigenvalue weighted by Gasteiger charge is -2.23. The monoisotopic (exact) mass is 562 g/mol. The van der Waals surface area contributed by atoms with E-state index in [4.69, 9.17) is 16.4 Å². The Morgan fingerprint density at radius 1 is 1.18 bits per heavy atom. The van der Waals surface area contributed by atoms with Gasteiger partial charge in [0.05, 0.1) is 27.7 Å². The molecule has 1 amide bonds. The van der Waals surface area contributed by atoms with E-state index in [9.17, 15) is 9.00 Å². The van der Waals surface area contributed by atoms with Gasteiger partial charge in [-0.2, -0.15) is 13.9 Å². The summed E-state index contributed by atoms with van der Waals surface area (Å²) in [5, 5.41) is 9.67. The van der Waals surface area contributed by atoms with Crippen molar-refractivity contribution in [2.45, 2.75) is 67.2 Å². The van der Waals surface area contributed by atoms with Gasteiger partial charge >= 0.3 is 0 Å². The van der Waals surface area contributed by atoms with Gasteiger partial charge in [0.1, 0.15) is 15.5 Å². The van der Waals surface area contributed by atoms with Crippen molar-refractivity contribution in [2.75, 3.05) is 6.54 Å². The second-order valence-corrected chi connectivity index (χ2v) is 12.2. The third-order valence-corrected chi connectivity index (χ3v) is 9.10. The first-order valence-electron chi connectivity index (χ1n) is 12.4. The molecule has 0 bridgehead atoms. The highest BCUT2D eigenvalue weighted by molar-refractivity contribution is 7.92. The number of benzene rings is 2. The van der Waals surface area contributed by atoms with Gasteiger partial charge in [0.2, 0.25) is 0 Å². The van der Waals surface area contributed by atoms with E-state index in [1.807, 2.05) is 0 Å². The van der Waals surface area contributed by atoms with Crippen LogP contribution in [0.1, 0.15) is 69.9 Å². The molecular formula is C27H26ClF3N4O2S. The minimum absolute atomic E-state index is 0.00151. The molecule has 6 nitrogen and oxygen atoms in total. The Bertz CT molecular complexity index is 1540. The number of halogens is 4. The Hall–Kier alpha value is -2.98. The first kappa shape index (κ1) is 26.6. The number of amides is 1. The molecule has 1 heterocycles. The second-order valence-electron chi connectivity index (χ2n) is 9.87. The summed E-state index contributed by atoms with van der Waals surface area (Å²) in [5.41, 5.74) is 1.30. The fourth-order valence-electron chi connectivity index (χ4n) is 4.84. The number of fused-ring (bicyclic) bond motifs is 1. The van der Waals surface area contributed by atoms with Crippen LogP contribution in [0.2, 0.25) is 5.02 Å². The molecule has 0 spiro atoms. The number of rotatable bonds is 7. The molecule has 1 aromatic heterocycles. The highest BCUT2D eigenvalue weighted by Crippen LogP contribution is 2.43. The Morgan fingerprint density at radius 3 is 2.63 bits per heavy atom. The van der Waals surface area contributed by atoms with Gasteiger partial charge in [-0.3, -0.25) is 4.79 Å². The molecule has 2 aliphatic carbocycles. The molecule has 1 fully saturated rings. The smallest absolute Gasteiger partial charge is 0.291 e. The van der Waals surface area contributed by atoms with E-state index in [0.29, 0.717) is 41.6 Å². The first-order chi connectivity index (χ1) is 18.0. The summed E-state index contributed by atoms with van der Waals surface area (Å²) in [4.78, 5) is 13.1. The van der Waals surface area contributed by atoms with Crippen molar-refractivity contribution < 1.29 is 22.2 Å². The van der Waals surface area contributed by atoms with Gasteiger partial charge in [-0.1, -0.05) is 35.9 Å². The number of carbonyl (C=O) groups is 1. The van der Waals surface area contributed by atoms with Crippen LogP contribution in [0.15, 0.2) is 46.3 Å². The predicted molar refractivity (Wildman–Crippen MR) is 137 cm³/mol. The Balaban J connectivity index is 1.54. The van der Waals surface area contributed by atoms with Crippen LogP contribution in [0.3, 0.4) is 0 Å². The quantitative estimate of drug-likeness (QED) is 0.352. The number of nitrogens with one attached hydrogen (secondary N) is 2. The fraction of sp³-hybridized carbons (Fsp3) is 0.370. The zero-order valence-corrected chi connectivity index (χ0v) is 22.2. The summed E-state index contributed by atoms with van der Waals surface area (Å²) in [5.74, 6) is -5.23. The average Bonchev–Trinajstić information content (AvgIpc) is 3.72. The summed E-state index contributed by atoms with van der Waals surface area (Å²) in [6.45, 7) is 0.633. The minimum Gasteiger partial charge on any atom is -0.346 e. The van der Waals surface area contributed by atoms with Crippen molar-refractivity contribution in [3.63, 3.8) is 0 Å². The molecule has 1 atom stereocenters. The summed E-state index contributed by atoms with van der Waals surface area (Å²) >= 11 is 6.04. The van der Waals surface area contributed by atoms with Crippen molar-refractivity contribution in [1.29, 1.82) is 4.78 Å². The number of aromatic nitrogens is 2. The molecule has 38 heavy (non-hydrogen) atoms. The predicted octanol–water partition coefficient (Wildman–Crippen LogP) is 6.32. The molecular weight excluding hydrogens is 537 g/mol.